The number of nitrogens with one attached hydrogen (secondary N) is 1. The number of carbonyl (C=O) groups excluding carboxylic acids is 2. The monoisotopic (exact) mass is 395 g/mol. The first-order valence-electron chi connectivity index (χ1n) is 7.58. The molecule has 1 aromatic carbocycles. The van der Waals surface area contributed by atoms with Crippen molar-refractivity contribution in [1.82, 2.24) is 9.36 Å². The Labute approximate surface area is 158 Å². The lowest BCUT2D eigenvalue weighted by molar-refractivity contribution is -0.154. The maximum atomic E-state index is 12.2. The summed E-state index contributed by atoms with van der Waals surface area (Å²) in [4.78, 5) is 36.1. The molecule has 0 saturated carbocycles. The number of cyclic esters (lactones) is 1. The van der Waals surface area contributed by atoms with Crippen LogP contribution >= 0.6 is 23.3 Å². The summed E-state index contributed by atoms with van der Waals surface area (Å²) in [5.74, 6) is 0.298. The number of nitrogens with zero attached hydrogens (tertiary/aromatic N) is 2. The Hall–Kier alpha value is -2.46. The van der Waals surface area contributed by atoms with Crippen LogP contribution in [0.25, 0.3) is 0 Å². The maximum absolute atomic E-state index is 12.2. The van der Waals surface area contributed by atoms with E-state index >= 15 is 0 Å². The fourth-order valence-corrected chi connectivity index (χ4v) is 3.64. The number of ether oxygens (including phenoxy) is 1. The van der Waals surface area contributed by atoms with Crippen LogP contribution < -0.4 is 5.32 Å². The first-order chi connectivity index (χ1) is 12.5. The number of carbonyl (C=O) groups is 3. The highest BCUT2D eigenvalue weighted by atomic mass is 32.2. The number of amides is 1. The molecule has 1 saturated heterocycles. The zero-order valence-corrected chi connectivity index (χ0v) is 15.5. The van der Waals surface area contributed by atoms with Gasteiger partial charge in [-0.05, 0) is 24.0 Å². The van der Waals surface area contributed by atoms with E-state index in [1.807, 2.05) is 30.3 Å². The summed E-state index contributed by atoms with van der Waals surface area (Å²) in [7, 11) is 0. The molecule has 3 rings (SSSR count). The number of benzene rings is 1. The van der Waals surface area contributed by atoms with E-state index in [9.17, 15) is 9.59 Å². The van der Waals surface area contributed by atoms with Gasteiger partial charge in [-0.25, -0.2) is 0 Å². The SMILES string of the molecule is CC1(C(=O)Nc2nsc(SCc3ccccc3)n2)CCC(=O)O1.O=CO. The van der Waals surface area contributed by atoms with Crippen molar-refractivity contribution < 1.29 is 24.2 Å². The third kappa shape index (κ3) is 5.53. The molecule has 138 valence electrons. The van der Waals surface area contributed by atoms with E-state index in [-0.39, 0.29) is 30.7 Å². The van der Waals surface area contributed by atoms with Crippen LogP contribution in [0.2, 0.25) is 0 Å². The number of hydrogen-bond donors (Lipinski definition) is 2. The fourth-order valence-electron chi connectivity index (χ4n) is 2.13. The molecule has 2 heterocycles. The highest BCUT2D eigenvalue weighted by molar-refractivity contribution is 8.00. The molecule has 1 fully saturated rings. The molecule has 10 heteroatoms. The predicted molar refractivity (Wildman–Crippen MR) is 97.0 cm³/mol. The van der Waals surface area contributed by atoms with Crippen molar-refractivity contribution in [1.29, 1.82) is 0 Å². The first-order valence-corrected chi connectivity index (χ1v) is 9.34. The Morgan fingerprint density at radius 3 is 2.77 bits per heavy atom. The first kappa shape index (κ1) is 19.9. The van der Waals surface area contributed by atoms with Crippen molar-refractivity contribution in [3.05, 3.63) is 35.9 Å². The Bertz CT molecular complexity index is 768. The largest absolute Gasteiger partial charge is 0.483 e. The second-order valence-corrected chi connectivity index (χ2v) is 7.40. The average Bonchev–Trinajstić information content (AvgIpc) is 3.21. The lowest BCUT2D eigenvalue weighted by Gasteiger charge is -2.19. The minimum absolute atomic E-state index is 0.250. The number of hydrogen-bond acceptors (Lipinski definition) is 8. The van der Waals surface area contributed by atoms with Crippen LogP contribution in [0.15, 0.2) is 34.7 Å². The second kappa shape index (κ2) is 9.30. The van der Waals surface area contributed by atoms with Crippen LogP contribution in [-0.4, -0.2) is 38.4 Å². The summed E-state index contributed by atoms with van der Waals surface area (Å²) in [6.45, 7) is 1.35. The van der Waals surface area contributed by atoms with E-state index in [2.05, 4.69) is 14.7 Å². The van der Waals surface area contributed by atoms with Gasteiger partial charge in [0.2, 0.25) is 5.95 Å². The molecule has 2 N–H and O–H groups in total. The lowest BCUT2D eigenvalue weighted by Crippen LogP contribution is -2.40. The minimum Gasteiger partial charge on any atom is -0.483 e. The molecule has 8 nitrogen and oxygen atoms in total. The third-order valence-corrected chi connectivity index (χ3v) is 5.37. The zero-order valence-electron chi connectivity index (χ0n) is 13.9. The molecule has 0 bridgehead atoms. The summed E-state index contributed by atoms with van der Waals surface area (Å²) in [6, 6.07) is 10.1. The topological polar surface area (TPSA) is 118 Å². The highest BCUT2D eigenvalue weighted by Crippen LogP contribution is 2.29. The van der Waals surface area contributed by atoms with Gasteiger partial charge in [0.05, 0.1) is 0 Å². The summed E-state index contributed by atoms with van der Waals surface area (Å²) in [5, 5.41) is 9.51. The molecule has 1 aliphatic heterocycles. The number of esters is 1. The van der Waals surface area contributed by atoms with Crippen molar-refractivity contribution in [3.63, 3.8) is 0 Å². The molecule has 1 atom stereocenters. The quantitative estimate of drug-likeness (QED) is 0.450. The minimum atomic E-state index is -1.13. The zero-order chi connectivity index (χ0) is 19.0. The van der Waals surface area contributed by atoms with Crippen LogP contribution in [0.5, 0.6) is 0 Å². The van der Waals surface area contributed by atoms with Crippen molar-refractivity contribution in [2.75, 3.05) is 5.32 Å². The summed E-state index contributed by atoms with van der Waals surface area (Å²) < 4.78 is 9.99. The number of carboxylic acid groups (broad SMARTS) is 1. The molecule has 0 aliphatic carbocycles. The van der Waals surface area contributed by atoms with Crippen molar-refractivity contribution in [2.45, 2.75) is 35.5 Å². The molecule has 0 radical (unpaired) electrons. The average molecular weight is 395 g/mol. The van der Waals surface area contributed by atoms with Crippen LogP contribution in [0.1, 0.15) is 25.3 Å². The van der Waals surface area contributed by atoms with Crippen molar-refractivity contribution in [2.24, 2.45) is 0 Å². The molecule has 0 spiro atoms. The fraction of sp³-hybridized carbons (Fsp3) is 0.312. The number of anilines is 1. The van der Waals surface area contributed by atoms with E-state index in [0.717, 1.165) is 10.1 Å². The van der Waals surface area contributed by atoms with Crippen LogP contribution in [-0.2, 0) is 24.9 Å². The van der Waals surface area contributed by atoms with Gasteiger partial charge in [-0.1, -0.05) is 42.1 Å². The van der Waals surface area contributed by atoms with Gasteiger partial charge in [-0.3, -0.25) is 19.7 Å². The van der Waals surface area contributed by atoms with Gasteiger partial charge in [-0.15, -0.1) is 0 Å². The van der Waals surface area contributed by atoms with Gasteiger partial charge in [0, 0.05) is 18.6 Å². The van der Waals surface area contributed by atoms with Crippen molar-refractivity contribution in [3.8, 4) is 0 Å². The summed E-state index contributed by atoms with van der Waals surface area (Å²) in [5.41, 5.74) is 0.0726. The Kier molecular flexibility index (Phi) is 7.10. The molecule has 1 aliphatic rings. The van der Waals surface area contributed by atoms with Crippen LogP contribution in [0.4, 0.5) is 5.95 Å². The third-order valence-electron chi connectivity index (χ3n) is 3.46. The Balaban J connectivity index is 0.000000758. The second-order valence-electron chi connectivity index (χ2n) is 5.42. The van der Waals surface area contributed by atoms with Gasteiger partial charge in [0.15, 0.2) is 9.94 Å². The predicted octanol–water partition coefficient (Wildman–Crippen LogP) is 2.57. The summed E-state index contributed by atoms with van der Waals surface area (Å²) in [6.07, 6.45) is 0.629. The molecular weight excluding hydrogens is 378 g/mol. The maximum Gasteiger partial charge on any atom is 0.307 e. The lowest BCUT2D eigenvalue weighted by atomic mass is 10.0. The van der Waals surface area contributed by atoms with E-state index in [0.29, 0.717) is 6.42 Å². The van der Waals surface area contributed by atoms with E-state index in [1.165, 1.54) is 17.1 Å². The highest BCUT2D eigenvalue weighted by Gasteiger charge is 2.43. The molecule has 1 amide bonds. The molecular formula is C16H17N3O5S2. The Morgan fingerprint density at radius 1 is 1.46 bits per heavy atom. The Morgan fingerprint density at radius 2 is 2.15 bits per heavy atom. The van der Waals surface area contributed by atoms with Gasteiger partial charge < -0.3 is 9.84 Å². The van der Waals surface area contributed by atoms with Crippen LogP contribution in [0.3, 0.4) is 0 Å². The molecule has 2 aromatic rings. The van der Waals surface area contributed by atoms with E-state index < -0.39 is 5.60 Å². The molecule has 1 aromatic heterocycles. The normalized spacial score (nSPS) is 18.4. The molecule has 1 unspecified atom stereocenters. The van der Waals surface area contributed by atoms with E-state index in [4.69, 9.17) is 14.6 Å². The number of aromatic nitrogens is 2. The van der Waals surface area contributed by atoms with Gasteiger partial charge >= 0.3 is 5.97 Å². The summed E-state index contributed by atoms with van der Waals surface area (Å²) >= 11 is 2.79. The number of thioether (sulfide) groups is 1. The van der Waals surface area contributed by atoms with Gasteiger partial charge in [-0.2, -0.15) is 9.36 Å². The smallest absolute Gasteiger partial charge is 0.307 e. The van der Waals surface area contributed by atoms with Gasteiger partial charge in [0.1, 0.15) is 0 Å². The van der Waals surface area contributed by atoms with E-state index in [1.54, 1.807) is 18.7 Å². The van der Waals surface area contributed by atoms with Crippen LogP contribution in [0, 0.1) is 0 Å². The van der Waals surface area contributed by atoms with Crippen molar-refractivity contribution >= 4 is 47.6 Å². The molecule has 26 heavy (non-hydrogen) atoms. The van der Waals surface area contributed by atoms with Gasteiger partial charge in [0.25, 0.3) is 12.4 Å². The standard InChI is InChI=1S/C15H15N3O3S2.CH2O2/c1-15(8-7-11(19)21-15)12(20)16-13-17-14(23-18-13)22-9-10-5-3-2-4-6-10;2-1-3/h2-6H,7-9H2,1H3,(H,16,18,20);1H,(H,2,3). The number of rotatable bonds is 5.